The van der Waals surface area contributed by atoms with Crippen molar-refractivity contribution in [1.29, 1.82) is 0 Å². The minimum absolute atomic E-state index is 0.897. The van der Waals surface area contributed by atoms with Gasteiger partial charge in [0.15, 0.2) is 0 Å². The smallest absolute Gasteiger partial charge is 0.0346 e. The molecule has 0 amide bonds. The summed E-state index contributed by atoms with van der Waals surface area (Å²) in [6.07, 6.45) is 2.02. The maximum absolute atomic E-state index is 5.96. The standard InChI is InChI=1S/C16H23NS/c1-6-14-9-16(17)13(5)8-15(14)7-12(4)10-18-11(2)3/h8-10H,2,6-7,17H2,1,3-5H3/b12-10+. The third kappa shape index (κ3) is 4.26. The van der Waals surface area contributed by atoms with Gasteiger partial charge >= 0.3 is 0 Å². The third-order valence-electron chi connectivity index (χ3n) is 2.90. The number of benzene rings is 1. The molecule has 0 unspecified atom stereocenters. The molecule has 98 valence electrons. The van der Waals surface area contributed by atoms with Crippen molar-refractivity contribution in [3.63, 3.8) is 0 Å². The molecule has 0 atom stereocenters. The van der Waals surface area contributed by atoms with Crippen LogP contribution in [0.4, 0.5) is 5.69 Å². The minimum atomic E-state index is 0.897. The van der Waals surface area contributed by atoms with Crippen LogP contribution in [-0.2, 0) is 12.8 Å². The molecule has 1 aromatic carbocycles. The molecule has 0 spiro atoms. The van der Waals surface area contributed by atoms with Crippen LogP contribution in [0.2, 0.25) is 0 Å². The molecular weight excluding hydrogens is 238 g/mol. The van der Waals surface area contributed by atoms with E-state index in [9.17, 15) is 0 Å². The lowest BCUT2D eigenvalue weighted by molar-refractivity contribution is 1.04. The van der Waals surface area contributed by atoms with E-state index in [4.69, 9.17) is 5.73 Å². The van der Waals surface area contributed by atoms with Crippen molar-refractivity contribution < 1.29 is 0 Å². The molecule has 1 nitrogen and oxygen atoms in total. The van der Waals surface area contributed by atoms with Crippen LogP contribution in [0.5, 0.6) is 0 Å². The lowest BCUT2D eigenvalue weighted by atomic mass is 9.96. The van der Waals surface area contributed by atoms with Crippen LogP contribution in [0.15, 0.2) is 34.6 Å². The molecule has 0 fully saturated rings. The second-order valence-electron chi connectivity index (χ2n) is 4.79. The molecule has 1 rings (SSSR count). The molecule has 0 aliphatic heterocycles. The molecule has 0 radical (unpaired) electrons. The van der Waals surface area contributed by atoms with Gasteiger partial charge < -0.3 is 5.73 Å². The average molecular weight is 261 g/mol. The number of rotatable bonds is 5. The predicted octanol–water partition coefficient (Wildman–Crippen LogP) is 4.85. The average Bonchev–Trinajstić information content (AvgIpc) is 2.31. The van der Waals surface area contributed by atoms with Gasteiger partial charge in [0.05, 0.1) is 0 Å². The maximum atomic E-state index is 5.96. The molecule has 1 aromatic rings. The highest BCUT2D eigenvalue weighted by Crippen LogP contribution is 2.23. The van der Waals surface area contributed by atoms with Crippen LogP contribution in [0.25, 0.3) is 0 Å². The molecule has 0 aromatic heterocycles. The van der Waals surface area contributed by atoms with Crippen LogP contribution in [0.1, 0.15) is 37.5 Å². The zero-order valence-electron chi connectivity index (χ0n) is 11.8. The van der Waals surface area contributed by atoms with Gasteiger partial charge in [0.2, 0.25) is 0 Å². The Morgan fingerprint density at radius 1 is 1.33 bits per heavy atom. The van der Waals surface area contributed by atoms with Gasteiger partial charge in [-0.3, -0.25) is 0 Å². The first-order valence-corrected chi connectivity index (χ1v) is 7.17. The molecule has 18 heavy (non-hydrogen) atoms. The highest BCUT2D eigenvalue weighted by Gasteiger charge is 2.05. The lowest BCUT2D eigenvalue weighted by Crippen LogP contribution is -1.99. The quantitative estimate of drug-likeness (QED) is 0.767. The van der Waals surface area contributed by atoms with Gasteiger partial charge in [-0.25, -0.2) is 0 Å². The fourth-order valence-electron chi connectivity index (χ4n) is 1.87. The maximum Gasteiger partial charge on any atom is 0.0346 e. The summed E-state index contributed by atoms with van der Waals surface area (Å²) in [7, 11) is 0. The number of nitrogens with two attached hydrogens (primary N) is 1. The van der Waals surface area contributed by atoms with E-state index in [1.54, 1.807) is 11.8 Å². The van der Waals surface area contributed by atoms with Gasteiger partial charge in [-0.15, -0.1) is 11.8 Å². The zero-order valence-corrected chi connectivity index (χ0v) is 12.7. The highest BCUT2D eigenvalue weighted by atomic mass is 32.2. The minimum Gasteiger partial charge on any atom is -0.399 e. The first kappa shape index (κ1) is 14.9. The summed E-state index contributed by atoms with van der Waals surface area (Å²) in [5.74, 6) is 0. The van der Waals surface area contributed by atoms with Gasteiger partial charge in [0.1, 0.15) is 0 Å². The predicted molar refractivity (Wildman–Crippen MR) is 84.8 cm³/mol. The zero-order chi connectivity index (χ0) is 13.7. The second kappa shape index (κ2) is 6.69. The van der Waals surface area contributed by atoms with Crippen molar-refractivity contribution in [2.24, 2.45) is 0 Å². The van der Waals surface area contributed by atoms with Gasteiger partial charge in [0, 0.05) is 5.69 Å². The van der Waals surface area contributed by atoms with Crippen LogP contribution in [0, 0.1) is 6.92 Å². The van der Waals surface area contributed by atoms with Gasteiger partial charge in [-0.1, -0.05) is 25.1 Å². The fourth-order valence-corrected chi connectivity index (χ4v) is 2.35. The largest absolute Gasteiger partial charge is 0.399 e. The number of anilines is 1. The Kier molecular flexibility index (Phi) is 5.54. The molecule has 0 heterocycles. The van der Waals surface area contributed by atoms with Gasteiger partial charge in [0.25, 0.3) is 0 Å². The normalized spacial score (nSPS) is 11.7. The molecule has 0 saturated carbocycles. The van der Waals surface area contributed by atoms with Crippen LogP contribution in [0.3, 0.4) is 0 Å². The highest BCUT2D eigenvalue weighted by molar-refractivity contribution is 8.05. The summed E-state index contributed by atoms with van der Waals surface area (Å²) in [5, 5.41) is 2.19. The van der Waals surface area contributed by atoms with E-state index >= 15 is 0 Å². The van der Waals surface area contributed by atoms with E-state index in [1.165, 1.54) is 22.3 Å². The third-order valence-corrected chi connectivity index (χ3v) is 3.82. The van der Waals surface area contributed by atoms with E-state index < -0.39 is 0 Å². The van der Waals surface area contributed by atoms with Crippen molar-refractivity contribution >= 4 is 17.4 Å². The Labute approximate surface area is 115 Å². The topological polar surface area (TPSA) is 26.0 Å². The molecule has 2 heteroatoms. The van der Waals surface area contributed by atoms with E-state index in [1.807, 2.05) is 6.92 Å². The fraction of sp³-hybridized carbons (Fsp3) is 0.375. The SMILES string of the molecule is C=C(C)S/C=C(\C)Cc1cc(C)c(N)cc1CC. The van der Waals surface area contributed by atoms with Crippen molar-refractivity contribution in [1.82, 2.24) is 0 Å². The number of aryl methyl sites for hydroxylation is 2. The Morgan fingerprint density at radius 3 is 2.56 bits per heavy atom. The van der Waals surface area contributed by atoms with E-state index in [0.29, 0.717) is 0 Å². The van der Waals surface area contributed by atoms with E-state index in [0.717, 1.165) is 23.4 Å². The first-order chi connectivity index (χ1) is 8.43. The van der Waals surface area contributed by atoms with Gasteiger partial charge in [-0.2, -0.15) is 0 Å². The number of nitrogen functional groups attached to an aromatic ring is 1. The molecule has 0 aliphatic rings. The Balaban J connectivity index is 2.93. The molecule has 0 bridgehead atoms. The van der Waals surface area contributed by atoms with Crippen molar-refractivity contribution in [3.8, 4) is 0 Å². The van der Waals surface area contributed by atoms with Gasteiger partial charge in [-0.05, 0) is 66.7 Å². The lowest BCUT2D eigenvalue weighted by Gasteiger charge is -2.12. The monoisotopic (exact) mass is 261 g/mol. The molecule has 0 saturated heterocycles. The summed E-state index contributed by atoms with van der Waals surface area (Å²) >= 11 is 1.70. The number of allylic oxidation sites excluding steroid dienone is 2. The summed E-state index contributed by atoms with van der Waals surface area (Å²) < 4.78 is 0. The van der Waals surface area contributed by atoms with Crippen molar-refractivity contribution in [3.05, 3.63) is 51.3 Å². The van der Waals surface area contributed by atoms with Crippen LogP contribution >= 0.6 is 11.8 Å². The number of hydrogen-bond acceptors (Lipinski definition) is 2. The number of hydrogen-bond donors (Lipinski definition) is 1. The van der Waals surface area contributed by atoms with Crippen molar-refractivity contribution in [2.75, 3.05) is 5.73 Å². The van der Waals surface area contributed by atoms with Crippen LogP contribution in [-0.4, -0.2) is 0 Å². The summed E-state index contributed by atoms with van der Waals surface area (Å²) in [4.78, 5) is 1.12. The Morgan fingerprint density at radius 2 is 2.00 bits per heavy atom. The van der Waals surface area contributed by atoms with Crippen molar-refractivity contribution in [2.45, 2.75) is 40.5 Å². The second-order valence-corrected chi connectivity index (χ2v) is 5.96. The summed E-state index contributed by atoms with van der Waals surface area (Å²) in [6, 6.07) is 4.33. The van der Waals surface area contributed by atoms with E-state index in [2.05, 4.69) is 44.9 Å². The van der Waals surface area contributed by atoms with E-state index in [-0.39, 0.29) is 0 Å². The first-order valence-electron chi connectivity index (χ1n) is 6.29. The number of thioether (sulfide) groups is 1. The van der Waals surface area contributed by atoms with Crippen LogP contribution < -0.4 is 5.73 Å². The molecular formula is C16H23NS. The summed E-state index contributed by atoms with van der Waals surface area (Å²) in [5.41, 5.74) is 12.1. The Bertz CT molecular complexity index is 472. The molecule has 2 N–H and O–H groups in total. The Hall–Kier alpha value is -1.15. The summed E-state index contributed by atoms with van der Waals surface area (Å²) in [6.45, 7) is 12.3. The molecule has 0 aliphatic carbocycles.